The lowest BCUT2D eigenvalue weighted by molar-refractivity contribution is -0.121. The third kappa shape index (κ3) is 3.64. The summed E-state index contributed by atoms with van der Waals surface area (Å²) in [6.45, 7) is 1.44. The first-order valence-corrected chi connectivity index (χ1v) is 10.0. The lowest BCUT2D eigenvalue weighted by atomic mass is 9.87. The molecule has 3 heterocycles. The highest BCUT2D eigenvalue weighted by molar-refractivity contribution is 5.86. The lowest BCUT2D eigenvalue weighted by Gasteiger charge is -2.22. The lowest BCUT2D eigenvalue weighted by Crippen LogP contribution is -2.25. The van der Waals surface area contributed by atoms with E-state index in [-0.39, 0.29) is 11.8 Å². The predicted molar refractivity (Wildman–Crippen MR) is 113 cm³/mol. The Balaban J connectivity index is 1.47. The Bertz CT molecular complexity index is 1160. The number of ether oxygens (including phenoxy) is 2. The zero-order chi connectivity index (χ0) is 20.3. The Hall–Kier alpha value is -3.67. The Morgan fingerprint density at radius 1 is 1.03 bits per heavy atom. The van der Waals surface area contributed by atoms with Crippen molar-refractivity contribution in [2.45, 2.75) is 18.9 Å². The molecule has 2 aromatic heterocycles. The molecule has 2 N–H and O–H groups in total. The minimum absolute atomic E-state index is 0.0448. The Kier molecular flexibility index (Phi) is 4.89. The maximum Gasteiger partial charge on any atom is 0.221 e. The number of hydrogen-bond acceptors (Lipinski definition) is 4. The van der Waals surface area contributed by atoms with Gasteiger partial charge in [0.05, 0.1) is 12.8 Å². The van der Waals surface area contributed by atoms with Crippen molar-refractivity contribution in [1.29, 1.82) is 0 Å². The largest absolute Gasteiger partial charge is 0.486 e. The summed E-state index contributed by atoms with van der Waals surface area (Å²) >= 11 is 0. The first-order valence-electron chi connectivity index (χ1n) is 10.0. The van der Waals surface area contributed by atoms with Gasteiger partial charge in [-0.1, -0.05) is 24.3 Å². The zero-order valence-electron chi connectivity index (χ0n) is 16.4. The van der Waals surface area contributed by atoms with Crippen molar-refractivity contribution < 1.29 is 18.7 Å². The fourth-order valence-corrected chi connectivity index (χ4v) is 3.92. The summed E-state index contributed by atoms with van der Waals surface area (Å²) in [6.07, 6.45) is 3.90. The van der Waals surface area contributed by atoms with Crippen molar-refractivity contribution >= 4 is 16.8 Å². The maximum atomic E-state index is 12.8. The second-order valence-electron chi connectivity index (χ2n) is 7.31. The van der Waals surface area contributed by atoms with Crippen LogP contribution in [0.4, 0.5) is 0 Å². The minimum Gasteiger partial charge on any atom is -0.486 e. The van der Waals surface area contributed by atoms with E-state index in [9.17, 15) is 4.79 Å². The number of furan rings is 1. The van der Waals surface area contributed by atoms with E-state index < -0.39 is 0 Å². The highest BCUT2D eigenvalue weighted by atomic mass is 16.6. The van der Waals surface area contributed by atoms with E-state index in [4.69, 9.17) is 13.9 Å². The first-order chi connectivity index (χ1) is 14.8. The summed E-state index contributed by atoms with van der Waals surface area (Å²) in [5.74, 6) is 2.01. The molecule has 1 aliphatic rings. The summed E-state index contributed by atoms with van der Waals surface area (Å²) in [4.78, 5) is 16.1. The second-order valence-corrected chi connectivity index (χ2v) is 7.31. The van der Waals surface area contributed by atoms with Crippen LogP contribution in [0.2, 0.25) is 0 Å². The molecule has 30 heavy (non-hydrogen) atoms. The van der Waals surface area contributed by atoms with Crippen LogP contribution in [-0.4, -0.2) is 24.1 Å². The molecule has 0 unspecified atom stereocenters. The van der Waals surface area contributed by atoms with Crippen molar-refractivity contribution in [2.24, 2.45) is 0 Å². The Labute approximate surface area is 173 Å². The van der Waals surface area contributed by atoms with E-state index in [1.54, 1.807) is 6.26 Å². The van der Waals surface area contributed by atoms with Gasteiger partial charge in [0.2, 0.25) is 5.91 Å². The molecule has 0 bridgehead atoms. The number of amides is 1. The van der Waals surface area contributed by atoms with Gasteiger partial charge in [-0.15, -0.1) is 0 Å². The number of carbonyl (C=O) groups excluding carboxylic acids is 1. The molecule has 0 spiro atoms. The summed E-state index contributed by atoms with van der Waals surface area (Å²) in [7, 11) is 0. The van der Waals surface area contributed by atoms with Gasteiger partial charge in [0.15, 0.2) is 11.5 Å². The van der Waals surface area contributed by atoms with Gasteiger partial charge in [0.25, 0.3) is 0 Å². The van der Waals surface area contributed by atoms with Crippen molar-refractivity contribution in [3.8, 4) is 11.5 Å². The fourth-order valence-electron chi connectivity index (χ4n) is 3.92. The second kappa shape index (κ2) is 7.99. The minimum atomic E-state index is -0.131. The molecule has 0 fully saturated rings. The molecule has 6 nitrogen and oxygen atoms in total. The van der Waals surface area contributed by atoms with Gasteiger partial charge in [-0.25, -0.2) is 0 Å². The number of aromatic amines is 1. The molecule has 5 rings (SSSR count). The van der Waals surface area contributed by atoms with Crippen LogP contribution < -0.4 is 14.8 Å². The molecule has 4 aromatic rings. The van der Waals surface area contributed by atoms with Crippen molar-refractivity contribution in [3.63, 3.8) is 0 Å². The number of fused-ring (bicyclic) bond motifs is 2. The van der Waals surface area contributed by atoms with Crippen LogP contribution in [0.5, 0.6) is 11.5 Å². The average molecular weight is 402 g/mol. The van der Waals surface area contributed by atoms with Gasteiger partial charge in [0, 0.05) is 29.4 Å². The van der Waals surface area contributed by atoms with Gasteiger partial charge in [-0.3, -0.25) is 4.79 Å². The van der Waals surface area contributed by atoms with Gasteiger partial charge in [-0.2, -0.15) is 0 Å². The van der Waals surface area contributed by atoms with Crippen LogP contribution in [0, 0.1) is 0 Å². The third-order valence-electron chi connectivity index (χ3n) is 5.39. The molecule has 0 radical (unpaired) electrons. The molecule has 6 heteroatoms. The Morgan fingerprint density at radius 3 is 2.77 bits per heavy atom. The summed E-state index contributed by atoms with van der Waals surface area (Å²) in [5.41, 5.74) is 3.14. The number of nitrogens with one attached hydrogen (secondary N) is 2. The summed E-state index contributed by atoms with van der Waals surface area (Å²) < 4.78 is 16.7. The van der Waals surface area contributed by atoms with E-state index in [0.717, 1.165) is 39.3 Å². The SMILES string of the molecule is O=C(C[C@@H](c1ccc2c(c1)OCCO2)c1c[nH]c2ccccc12)NCc1ccco1. The molecular weight excluding hydrogens is 380 g/mol. The molecule has 0 aliphatic carbocycles. The topological polar surface area (TPSA) is 76.5 Å². The predicted octanol–water partition coefficient (Wildman–Crippen LogP) is 4.37. The van der Waals surface area contributed by atoms with Gasteiger partial charge in [-0.05, 0) is 41.5 Å². The molecule has 1 aliphatic heterocycles. The van der Waals surface area contributed by atoms with Crippen molar-refractivity contribution in [3.05, 3.63) is 83.9 Å². The molecule has 1 amide bonds. The number of aromatic nitrogens is 1. The molecule has 2 aromatic carbocycles. The van der Waals surface area contributed by atoms with Crippen LogP contribution in [0.25, 0.3) is 10.9 Å². The molecule has 0 saturated heterocycles. The fraction of sp³-hybridized carbons (Fsp3) is 0.208. The van der Waals surface area contributed by atoms with Gasteiger partial charge < -0.3 is 24.2 Å². The van der Waals surface area contributed by atoms with Gasteiger partial charge >= 0.3 is 0 Å². The van der Waals surface area contributed by atoms with Crippen LogP contribution in [0.1, 0.15) is 29.2 Å². The van der Waals surface area contributed by atoms with E-state index in [1.165, 1.54) is 0 Å². The van der Waals surface area contributed by atoms with E-state index in [1.807, 2.05) is 54.7 Å². The van der Waals surface area contributed by atoms with Crippen LogP contribution in [0.3, 0.4) is 0 Å². The summed E-state index contributed by atoms with van der Waals surface area (Å²) in [6, 6.07) is 17.7. The number of benzene rings is 2. The smallest absolute Gasteiger partial charge is 0.221 e. The molecular formula is C24H22N2O4. The van der Waals surface area contributed by atoms with E-state index in [0.29, 0.717) is 26.2 Å². The number of carbonyl (C=O) groups is 1. The first kappa shape index (κ1) is 18.4. The average Bonchev–Trinajstić information content (AvgIpc) is 3.46. The number of rotatable bonds is 6. The van der Waals surface area contributed by atoms with Crippen LogP contribution >= 0.6 is 0 Å². The van der Waals surface area contributed by atoms with Gasteiger partial charge in [0.1, 0.15) is 19.0 Å². The number of hydrogen-bond donors (Lipinski definition) is 2. The number of H-pyrrole nitrogens is 1. The zero-order valence-corrected chi connectivity index (χ0v) is 16.4. The van der Waals surface area contributed by atoms with Crippen LogP contribution in [-0.2, 0) is 11.3 Å². The Morgan fingerprint density at radius 2 is 1.90 bits per heavy atom. The number of para-hydroxylation sites is 1. The van der Waals surface area contributed by atoms with Crippen LogP contribution in [0.15, 0.2) is 71.5 Å². The van der Waals surface area contributed by atoms with E-state index >= 15 is 0 Å². The highest BCUT2D eigenvalue weighted by Crippen LogP contribution is 2.38. The third-order valence-corrected chi connectivity index (χ3v) is 5.39. The molecule has 1 atom stereocenters. The monoisotopic (exact) mass is 402 g/mol. The molecule has 0 saturated carbocycles. The highest BCUT2D eigenvalue weighted by Gasteiger charge is 2.23. The molecule has 152 valence electrons. The van der Waals surface area contributed by atoms with E-state index in [2.05, 4.69) is 16.4 Å². The standard InChI is InChI=1S/C24H22N2O4/c27-24(26-14-17-4-3-9-28-17)13-19(20-15-25-21-6-2-1-5-18(20)21)16-7-8-22-23(12-16)30-11-10-29-22/h1-9,12,15,19,25H,10-11,13-14H2,(H,26,27)/t19-/m0/s1. The van der Waals surface area contributed by atoms with Crippen molar-refractivity contribution in [1.82, 2.24) is 10.3 Å². The summed E-state index contributed by atoms with van der Waals surface area (Å²) in [5, 5.41) is 4.07. The maximum absolute atomic E-state index is 12.8. The normalized spacial score (nSPS) is 13.9. The quantitative estimate of drug-likeness (QED) is 0.502. The van der Waals surface area contributed by atoms with Crippen molar-refractivity contribution in [2.75, 3.05) is 13.2 Å².